The molecule has 0 bridgehead atoms. The fraction of sp³-hybridized carbons (Fsp3) is 0.667. The SMILES string of the molecule is CN1CCN(C(c2ccccc2)C2CCCCC2)CC1.O.[OH]. The van der Waals surface area contributed by atoms with Gasteiger partial charge < -0.3 is 10.4 Å². The maximum atomic E-state index is 2.76. The highest BCUT2D eigenvalue weighted by Gasteiger charge is 2.31. The summed E-state index contributed by atoms with van der Waals surface area (Å²) in [6.45, 7) is 4.89. The Kier molecular flexibility index (Phi) is 8.04. The highest BCUT2D eigenvalue weighted by atomic mass is 16.0. The number of benzene rings is 1. The number of hydrogen-bond acceptors (Lipinski definition) is 2. The third-order valence-electron chi connectivity index (χ3n) is 5.17. The summed E-state index contributed by atoms with van der Waals surface area (Å²) in [6.07, 6.45) is 7.15. The van der Waals surface area contributed by atoms with E-state index in [9.17, 15) is 0 Å². The predicted molar refractivity (Wildman–Crippen MR) is 90.4 cm³/mol. The molecule has 3 N–H and O–H groups in total. The first-order valence-corrected chi connectivity index (χ1v) is 8.32. The minimum Gasteiger partial charge on any atom is -0.412 e. The summed E-state index contributed by atoms with van der Waals surface area (Å²) in [5, 5.41) is 0. The van der Waals surface area contributed by atoms with E-state index in [1.165, 1.54) is 58.3 Å². The van der Waals surface area contributed by atoms with Gasteiger partial charge in [-0.3, -0.25) is 10.4 Å². The maximum Gasteiger partial charge on any atom is 0.0377 e. The number of nitrogens with zero attached hydrogens (tertiary/aromatic N) is 2. The van der Waals surface area contributed by atoms with Crippen molar-refractivity contribution in [3.8, 4) is 0 Å². The van der Waals surface area contributed by atoms with E-state index in [1.54, 1.807) is 5.56 Å². The minimum atomic E-state index is 0. The molecule has 1 aliphatic carbocycles. The largest absolute Gasteiger partial charge is 0.412 e. The molecule has 0 amide bonds. The van der Waals surface area contributed by atoms with Crippen LogP contribution in [-0.4, -0.2) is 54.0 Å². The summed E-state index contributed by atoms with van der Waals surface area (Å²) < 4.78 is 0. The van der Waals surface area contributed by atoms with Gasteiger partial charge in [-0.2, -0.15) is 0 Å². The molecule has 125 valence electrons. The third kappa shape index (κ3) is 4.53. The van der Waals surface area contributed by atoms with Gasteiger partial charge in [0.05, 0.1) is 0 Å². The summed E-state index contributed by atoms with van der Waals surface area (Å²) in [7, 11) is 2.25. The van der Waals surface area contributed by atoms with Gasteiger partial charge in [0.15, 0.2) is 0 Å². The zero-order valence-corrected chi connectivity index (χ0v) is 13.7. The molecule has 1 atom stereocenters. The van der Waals surface area contributed by atoms with Crippen LogP contribution in [0.15, 0.2) is 30.3 Å². The zero-order chi connectivity index (χ0) is 13.8. The molecule has 1 saturated carbocycles. The van der Waals surface area contributed by atoms with E-state index < -0.39 is 0 Å². The normalized spacial score (nSPS) is 22.4. The molecule has 4 heteroatoms. The van der Waals surface area contributed by atoms with Gasteiger partial charge in [0, 0.05) is 32.2 Å². The Hall–Kier alpha value is -0.940. The summed E-state index contributed by atoms with van der Waals surface area (Å²) in [5.41, 5.74) is 1.55. The van der Waals surface area contributed by atoms with Gasteiger partial charge in [-0.05, 0) is 31.4 Å². The van der Waals surface area contributed by atoms with Gasteiger partial charge in [0.1, 0.15) is 0 Å². The second kappa shape index (κ2) is 9.26. The zero-order valence-electron chi connectivity index (χ0n) is 13.7. The molecule has 1 aliphatic heterocycles. The average molecular weight is 307 g/mol. The first kappa shape index (κ1) is 19.1. The fourth-order valence-electron chi connectivity index (χ4n) is 3.98. The van der Waals surface area contributed by atoms with Crippen molar-refractivity contribution < 1.29 is 11.0 Å². The van der Waals surface area contributed by atoms with Crippen LogP contribution in [0.1, 0.15) is 43.7 Å². The molecule has 22 heavy (non-hydrogen) atoms. The molecule has 1 heterocycles. The number of likely N-dealkylation sites (N-methyl/N-ethyl adjacent to an activating group) is 1. The fourth-order valence-corrected chi connectivity index (χ4v) is 3.98. The van der Waals surface area contributed by atoms with E-state index in [0.29, 0.717) is 6.04 Å². The number of hydrogen-bond donors (Lipinski definition) is 1. The molecule has 1 aromatic carbocycles. The monoisotopic (exact) mass is 307 g/mol. The molecule has 3 rings (SSSR count). The van der Waals surface area contributed by atoms with Gasteiger partial charge in [-0.25, -0.2) is 0 Å². The molecule has 2 aliphatic rings. The lowest BCUT2D eigenvalue weighted by Crippen LogP contribution is -2.47. The van der Waals surface area contributed by atoms with E-state index in [1.807, 2.05) is 0 Å². The molecular weight excluding hydrogens is 276 g/mol. The summed E-state index contributed by atoms with van der Waals surface area (Å²) in [6, 6.07) is 11.9. The van der Waals surface area contributed by atoms with Crippen molar-refractivity contribution in [3.05, 3.63) is 35.9 Å². The molecule has 4 nitrogen and oxygen atoms in total. The smallest absolute Gasteiger partial charge is 0.0377 e. The lowest BCUT2D eigenvalue weighted by atomic mass is 9.80. The van der Waals surface area contributed by atoms with E-state index in [2.05, 4.69) is 47.2 Å². The van der Waals surface area contributed by atoms with Crippen molar-refractivity contribution >= 4 is 0 Å². The Morgan fingerprint density at radius 3 is 2.09 bits per heavy atom. The molecule has 0 spiro atoms. The Morgan fingerprint density at radius 2 is 1.50 bits per heavy atom. The number of rotatable bonds is 3. The van der Waals surface area contributed by atoms with Crippen LogP contribution in [0.25, 0.3) is 0 Å². The summed E-state index contributed by atoms with van der Waals surface area (Å²) in [5.74, 6) is 0.870. The molecule has 1 unspecified atom stereocenters. The standard InChI is InChI=1S/C18H28N2.H2O.HO/c1-19-12-14-20(15-13-19)18(16-8-4-2-5-9-16)17-10-6-3-7-11-17;;/h2,4-5,8-9,17-18H,3,6-7,10-15H2,1H3;1H2;1H. The van der Waals surface area contributed by atoms with Crippen molar-refractivity contribution in [1.29, 1.82) is 0 Å². The lowest BCUT2D eigenvalue weighted by Gasteiger charge is -2.43. The lowest BCUT2D eigenvalue weighted by molar-refractivity contribution is 0.0670. The highest BCUT2D eigenvalue weighted by molar-refractivity contribution is 5.20. The first-order chi connectivity index (χ1) is 9.84. The van der Waals surface area contributed by atoms with E-state index in [0.717, 1.165) is 5.92 Å². The molecule has 1 aromatic rings. The minimum absolute atomic E-state index is 0. The average Bonchev–Trinajstić information content (AvgIpc) is 2.52. The predicted octanol–water partition coefficient (Wildman–Crippen LogP) is 2.55. The van der Waals surface area contributed by atoms with Crippen molar-refractivity contribution in [1.82, 2.24) is 9.80 Å². The van der Waals surface area contributed by atoms with Gasteiger partial charge in [-0.1, -0.05) is 49.6 Å². The van der Waals surface area contributed by atoms with Crippen LogP contribution < -0.4 is 0 Å². The van der Waals surface area contributed by atoms with Crippen LogP contribution in [0, 0.1) is 5.92 Å². The first-order valence-electron chi connectivity index (χ1n) is 8.32. The number of piperazine rings is 1. The summed E-state index contributed by atoms with van der Waals surface area (Å²) >= 11 is 0. The highest BCUT2D eigenvalue weighted by Crippen LogP contribution is 2.38. The van der Waals surface area contributed by atoms with Crippen molar-refractivity contribution in [2.75, 3.05) is 33.2 Å². The molecule has 0 aromatic heterocycles. The van der Waals surface area contributed by atoms with Crippen LogP contribution in [0.5, 0.6) is 0 Å². The van der Waals surface area contributed by atoms with Crippen LogP contribution in [0.3, 0.4) is 0 Å². The topological polar surface area (TPSA) is 68.0 Å². The third-order valence-corrected chi connectivity index (χ3v) is 5.17. The van der Waals surface area contributed by atoms with Gasteiger partial charge in [0.2, 0.25) is 0 Å². The van der Waals surface area contributed by atoms with Crippen molar-refractivity contribution in [2.45, 2.75) is 38.1 Å². The van der Waals surface area contributed by atoms with Crippen LogP contribution >= 0.6 is 0 Å². The second-order valence-electron chi connectivity index (χ2n) is 6.59. The van der Waals surface area contributed by atoms with Gasteiger partial charge in [0.25, 0.3) is 0 Å². The summed E-state index contributed by atoms with van der Waals surface area (Å²) in [4.78, 5) is 5.21. The van der Waals surface area contributed by atoms with Crippen LogP contribution in [0.4, 0.5) is 0 Å². The Bertz CT molecular complexity index is 399. The van der Waals surface area contributed by atoms with Gasteiger partial charge >= 0.3 is 0 Å². The molecule has 2 fully saturated rings. The van der Waals surface area contributed by atoms with Crippen molar-refractivity contribution in [2.24, 2.45) is 5.92 Å². The second-order valence-corrected chi connectivity index (χ2v) is 6.59. The molecule has 1 saturated heterocycles. The van der Waals surface area contributed by atoms with Crippen LogP contribution in [0.2, 0.25) is 0 Å². The quantitative estimate of drug-likeness (QED) is 0.932. The van der Waals surface area contributed by atoms with Crippen LogP contribution in [-0.2, 0) is 0 Å². The van der Waals surface area contributed by atoms with E-state index >= 15 is 0 Å². The van der Waals surface area contributed by atoms with Crippen molar-refractivity contribution in [3.63, 3.8) is 0 Å². The molecular formula is C18H31N2O2. The van der Waals surface area contributed by atoms with E-state index in [4.69, 9.17) is 0 Å². The Balaban J connectivity index is 0.00000121. The Morgan fingerprint density at radius 1 is 0.909 bits per heavy atom. The Labute approximate surface area is 134 Å². The van der Waals surface area contributed by atoms with Gasteiger partial charge in [-0.15, -0.1) is 0 Å². The maximum absolute atomic E-state index is 2.76. The molecule has 1 radical (unpaired) electrons. The van der Waals surface area contributed by atoms with E-state index in [-0.39, 0.29) is 11.0 Å².